The Morgan fingerprint density at radius 2 is 1.65 bits per heavy atom. The zero-order valence-corrected chi connectivity index (χ0v) is 13.3. The molecule has 4 nitrogen and oxygen atoms in total. The first-order valence-electron chi connectivity index (χ1n) is 7.80. The van der Waals surface area contributed by atoms with E-state index in [9.17, 15) is 9.59 Å². The highest BCUT2D eigenvalue weighted by Crippen LogP contribution is 2.09. The summed E-state index contributed by atoms with van der Waals surface area (Å²) in [6, 6.07) is 17.2. The molecule has 0 aliphatic heterocycles. The Morgan fingerprint density at radius 3 is 2.30 bits per heavy atom. The van der Waals surface area contributed by atoms with E-state index < -0.39 is 0 Å². The van der Waals surface area contributed by atoms with Crippen LogP contribution in [0.4, 0.5) is 5.69 Å². The van der Waals surface area contributed by atoms with Crippen molar-refractivity contribution in [2.45, 2.75) is 19.8 Å². The summed E-state index contributed by atoms with van der Waals surface area (Å²) in [5.41, 5.74) is 2.65. The summed E-state index contributed by atoms with van der Waals surface area (Å²) < 4.78 is 0. The summed E-state index contributed by atoms with van der Waals surface area (Å²) >= 11 is 0. The van der Waals surface area contributed by atoms with E-state index in [0.717, 1.165) is 19.4 Å². The van der Waals surface area contributed by atoms with Crippen LogP contribution < -0.4 is 10.6 Å². The summed E-state index contributed by atoms with van der Waals surface area (Å²) in [6.07, 6.45) is 1.99. The molecule has 0 spiro atoms. The molecule has 2 rings (SSSR count). The molecule has 2 N–H and O–H groups in total. The average Bonchev–Trinajstić information content (AvgIpc) is 2.56. The third kappa shape index (κ3) is 6.04. The molecule has 0 aromatic heterocycles. The first kappa shape index (κ1) is 16.9. The standard InChI is InChI=1S/C19H22N2O2/c1-15(22)17-9-11-18(12-10-17)21-19(23)14-20-13-5-8-16-6-3-2-4-7-16/h2-4,6-7,9-12,20H,5,8,13-14H2,1H3,(H,21,23). The molecule has 0 atom stereocenters. The molecule has 0 bridgehead atoms. The monoisotopic (exact) mass is 310 g/mol. The fourth-order valence-electron chi connectivity index (χ4n) is 2.26. The molecular formula is C19H22N2O2. The van der Waals surface area contributed by atoms with Gasteiger partial charge in [-0.2, -0.15) is 0 Å². The number of hydrogen-bond donors (Lipinski definition) is 2. The molecule has 120 valence electrons. The minimum atomic E-state index is -0.0831. The van der Waals surface area contributed by atoms with Gasteiger partial charge in [-0.3, -0.25) is 9.59 Å². The van der Waals surface area contributed by atoms with Gasteiger partial charge in [0.25, 0.3) is 0 Å². The maximum absolute atomic E-state index is 11.8. The lowest BCUT2D eigenvalue weighted by Gasteiger charge is -2.07. The Kier molecular flexibility index (Phi) is 6.51. The van der Waals surface area contributed by atoms with Crippen molar-refractivity contribution < 1.29 is 9.59 Å². The second kappa shape index (κ2) is 8.86. The zero-order valence-electron chi connectivity index (χ0n) is 13.3. The van der Waals surface area contributed by atoms with E-state index in [1.807, 2.05) is 18.2 Å². The minimum absolute atomic E-state index is 0.0166. The highest BCUT2D eigenvalue weighted by atomic mass is 16.2. The van der Waals surface area contributed by atoms with Gasteiger partial charge in [-0.05, 0) is 56.1 Å². The maximum atomic E-state index is 11.8. The first-order valence-corrected chi connectivity index (χ1v) is 7.80. The fourth-order valence-corrected chi connectivity index (χ4v) is 2.26. The Balaban J connectivity index is 1.64. The van der Waals surface area contributed by atoms with Crippen molar-refractivity contribution >= 4 is 17.4 Å². The van der Waals surface area contributed by atoms with Crippen LogP contribution in [0.3, 0.4) is 0 Å². The number of rotatable bonds is 8. The molecular weight excluding hydrogens is 288 g/mol. The van der Waals surface area contributed by atoms with E-state index >= 15 is 0 Å². The number of nitrogens with one attached hydrogen (secondary N) is 2. The van der Waals surface area contributed by atoms with Crippen LogP contribution in [0.15, 0.2) is 54.6 Å². The van der Waals surface area contributed by atoms with Crippen molar-refractivity contribution in [1.82, 2.24) is 5.32 Å². The van der Waals surface area contributed by atoms with Crippen molar-refractivity contribution in [2.24, 2.45) is 0 Å². The van der Waals surface area contributed by atoms with Crippen molar-refractivity contribution in [3.05, 3.63) is 65.7 Å². The first-order chi connectivity index (χ1) is 11.1. The van der Waals surface area contributed by atoms with E-state index in [1.165, 1.54) is 12.5 Å². The van der Waals surface area contributed by atoms with Gasteiger partial charge in [0, 0.05) is 11.3 Å². The molecule has 1 amide bonds. The number of benzene rings is 2. The lowest BCUT2D eigenvalue weighted by molar-refractivity contribution is -0.115. The Hall–Kier alpha value is -2.46. The van der Waals surface area contributed by atoms with Gasteiger partial charge >= 0.3 is 0 Å². The van der Waals surface area contributed by atoms with Crippen molar-refractivity contribution in [3.8, 4) is 0 Å². The van der Waals surface area contributed by atoms with E-state index in [0.29, 0.717) is 11.3 Å². The molecule has 0 fully saturated rings. The third-order valence-corrected chi connectivity index (χ3v) is 3.52. The summed E-state index contributed by atoms with van der Waals surface area (Å²) in [5.74, 6) is -0.0664. The SMILES string of the molecule is CC(=O)c1ccc(NC(=O)CNCCCc2ccccc2)cc1. The van der Waals surface area contributed by atoms with Crippen LogP contribution in [0, 0.1) is 0 Å². The van der Waals surface area contributed by atoms with Gasteiger partial charge in [-0.1, -0.05) is 30.3 Å². The molecule has 0 radical (unpaired) electrons. The van der Waals surface area contributed by atoms with Crippen LogP contribution in [0.25, 0.3) is 0 Å². The molecule has 0 saturated carbocycles. The minimum Gasteiger partial charge on any atom is -0.325 e. The lowest BCUT2D eigenvalue weighted by atomic mass is 10.1. The quantitative estimate of drug-likeness (QED) is 0.582. The summed E-state index contributed by atoms with van der Waals surface area (Å²) in [7, 11) is 0. The van der Waals surface area contributed by atoms with E-state index in [4.69, 9.17) is 0 Å². The van der Waals surface area contributed by atoms with Crippen molar-refractivity contribution in [3.63, 3.8) is 0 Å². The number of carbonyl (C=O) groups is 2. The van der Waals surface area contributed by atoms with E-state index in [1.54, 1.807) is 24.3 Å². The summed E-state index contributed by atoms with van der Waals surface area (Å²) in [6.45, 7) is 2.60. The Labute approximate surface area is 136 Å². The number of carbonyl (C=O) groups excluding carboxylic acids is 2. The molecule has 4 heteroatoms. The third-order valence-electron chi connectivity index (χ3n) is 3.52. The molecule has 0 saturated heterocycles. The predicted octanol–water partition coefficient (Wildman–Crippen LogP) is 3.05. The molecule has 0 unspecified atom stereocenters. The molecule has 0 aliphatic rings. The van der Waals surface area contributed by atoms with Crippen LogP contribution in [0.5, 0.6) is 0 Å². The Bertz CT molecular complexity index is 636. The number of aryl methyl sites for hydroxylation is 1. The number of hydrogen-bond acceptors (Lipinski definition) is 3. The summed E-state index contributed by atoms with van der Waals surface area (Å²) in [4.78, 5) is 23.0. The number of Topliss-reactive ketones (excluding diaryl/α,β-unsaturated/α-hetero) is 1. The van der Waals surface area contributed by atoms with Gasteiger partial charge in [0.15, 0.2) is 5.78 Å². The van der Waals surface area contributed by atoms with Crippen LogP contribution in [0.2, 0.25) is 0 Å². The predicted molar refractivity (Wildman–Crippen MR) is 92.7 cm³/mol. The van der Waals surface area contributed by atoms with Gasteiger partial charge in [-0.25, -0.2) is 0 Å². The number of anilines is 1. The van der Waals surface area contributed by atoms with Gasteiger partial charge in [0.2, 0.25) is 5.91 Å². The second-order valence-electron chi connectivity index (χ2n) is 5.45. The number of amides is 1. The molecule has 0 heterocycles. The van der Waals surface area contributed by atoms with Crippen molar-refractivity contribution in [2.75, 3.05) is 18.4 Å². The highest BCUT2D eigenvalue weighted by Gasteiger charge is 2.03. The normalized spacial score (nSPS) is 10.3. The molecule has 23 heavy (non-hydrogen) atoms. The van der Waals surface area contributed by atoms with Gasteiger partial charge in [0.05, 0.1) is 6.54 Å². The van der Waals surface area contributed by atoms with Crippen molar-refractivity contribution in [1.29, 1.82) is 0 Å². The smallest absolute Gasteiger partial charge is 0.238 e. The molecule has 0 aliphatic carbocycles. The average molecular weight is 310 g/mol. The highest BCUT2D eigenvalue weighted by molar-refractivity contribution is 5.96. The van der Waals surface area contributed by atoms with E-state index in [2.05, 4.69) is 22.8 Å². The maximum Gasteiger partial charge on any atom is 0.238 e. The van der Waals surface area contributed by atoms with Gasteiger partial charge in [0.1, 0.15) is 0 Å². The van der Waals surface area contributed by atoms with Gasteiger partial charge < -0.3 is 10.6 Å². The largest absolute Gasteiger partial charge is 0.325 e. The summed E-state index contributed by atoms with van der Waals surface area (Å²) in [5, 5.41) is 5.94. The van der Waals surface area contributed by atoms with E-state index in [-0.39, 0.29) is 18.2 Å². The second-order valence-corrected chi connectivity index (χ2v) is 5.45. The topological polar surface area (TPSA) is 58.2 Å². The fraction of sp³-hybridized carbons (Fsp3) is 0.263. The zero-order chi connectivity index (χ0) is 16.5. The lowest BCUT2D eigenvalue weighted by Crippen LogP contribution is -2.28. The van der Waals surface area contributed by atoms with Crippen LogP contribution >= 0.6 is 0 Å². The Morgan fingerprint density at radius 1 is 0.957 bits per heavy atom. The molecule has 2 aromatic carbocycles. The van der Waals surface area contributed by atoms with Crippen LogP contribution in [-0.4, -0.2) is 24.8 Å². The molecule has 2 aromatic rings. The van der Waals surface area contributed by atoms with Gasteiger partial charge in [-0.15, -0.1) is 0 Å². The number of ketones is 1. The van der Waals surface area contributed by atoms with Crippen LogP contribution in [-0.2, 0) is 11.2 Å². The van der Waals surface area contributed by atoms with Crippen LogP contribution in [0.1, 0.15) is 29.3 Å².